The van der Waals surface area contributed by atoms with E-state index in [1.807, 2.05) is 4.90 Å². The molecule has 4 heterocycles. The number of nitrogens with one attached hydrogen (secondary N) is 1. The standard InChI is InChI=1S/C16H21N3O4S2/c20-14(17-10-5-7-25(22,23)8-6-10)15-18-13(9-24-15)16(21)19-11-1-2-12(19)4-3-11/h9-12H,1-8H2,(H,17,20)/t11-,12-. The van der Waals surface area contributed by atoms with E-state index in [1.165, 1.54) is 11.3 Å². The monoisotopic (exact) mass is 383 g/mol. The Bertz CT molecular complexity index is 770. The van der Waals surface area contributed by atoms with Crippen LogP contribution in [-0.2, 0) is 9.84 Å². The van der Waals surface area contributed by atoms with Crippen molar-refractivity contribution in [1.82, 2.24) is 15.2 Å². The normalized spacial score (nSPS) is 28.2. The number of hydrogen-bond acceptors (Lipinski definition) is 6. The summed E-state index contributed by atoms with van der Waals surface area (Å²) in [6.07, 6.45) is 5.14. The third-order valence-electron chi connectivity index (χ3n) is 5.49. The Balaban J connectivity index is 1.39. The second-order valence-electron chi connectivity index (χ2n) is 7.11. The van der Waals surface area contributed by atoms with E-state index in [-0.39, 0.29) is 34.4 Å². The molecule has 3 saturated heterocycles. The highest BCUT2D eigenvalue weighted by molar-refractivity contribution is 7.91. The molecule has 0 unspecified atom stereocenters. The first-order chi connectivity index (χ1) is 11.9. The molecule has 7 nitrogen and oxygen atoms in total. The van der Waals surface area contributed by atoms with Gasteiger partial charge in [0.2, 0.25) is 0 Å². The highest BCUT2D eigenvalue weighted by Crippen LogP contribution is 2.38. The fourth-order valence-electron chi connectivity index (χ4n) is 4.13. The van der Waals surface area contributed by atoms with E-state index in [9.17, 15) is 18.0 Å². The first-order valence-electron chi connectivity index (χ1n) is 8.72. The summed E-state index contributed by atoms with van der Waals surface area (Å²) in [4.78, 5) is 31.2. The van der Waals surface area contributed by atoms with Crippen molar-refractivity contribution in [3.8, 4) is 0 Å². The van der Waals surface area contributed by atoms with Crippen molar-refractivity contribution >= 4 is 33.0 Å². The van der Waals surface area contributed by atoms with Crippen LogP contribution in [0.1, 0.15) is 58.8 Å². The molecule has 25 heavy (non-hydrogen) atoms. The van der Waals surface area contributed by atoms with Gasteiger partial charge in [-0.05, 0) is 38.5 Å². The minimum atomic E-state index is -2.95. The lowest BCUT2D eigenvalue weighted by Gasteiger charge is -2.22. The highest BCUT2D eigenvalue weighted by atomic mass is 32.2. The van der Waals surface area contributed by atoms with Gasteiger partial charge >= 0.3 is 0 Å². The van der Waals surface area contributed by atoms with Crippen LogP contribution < -0.4 is 5.32 Å². The topological polar surface area (TPSA) is 96.4 Å². The van der Waals surface area contributed by atoms with E-state index in [0.29, 0.717) is 30.6 Å². The number of thiazole rings is 1. The predicted molar refractivity (Wildman–Crippen MR) is 93.5 cm³/mol. The maximum absolute atomic E-state index is 12.7. The molecule has 1 aromatic rings. The molecule has 0 radical (unpaired) electrons. The Morgan fingerprint density at radius 3 is 2.28 bits per heavy atom. The van der Waals surface area contributed by atoms with Crippen molar-refractivity contribution in [2.45, 2.75) is 56.7 Å². The Labute approximate surface area is 150 Å². The van der Waals surface area contributed by atoms with Gasteiger partial charge in [0.05, 0.1) is 11.5 Å². The summed E-state index contributed by atoms with van der Waals surface area (Å²) in [7, 11) is -2.95. The van der Waals surface area contributed by atoms with Crippen molar-refractivity contribution in [1.29, 1.82) is 0 Å². The number of fused-ring (bicyclic) bond motifs is 2. The molecule has 3 aliphatic heterocycles. The summed E-state index contributed by atoms with van der Waals surface area (Å²) >= 11 is 1.17. The zero-order chi connectivity index (χ0) is 17.6. The molecule has 0 saturated carbocycles. The lowest BCUT2D eigenvalue weighted by atomic mass is 10.0. The van der Waals surface area contributed by atoms with Crippen molar-refractivity contribution in [2.75, 3.05) is 11.5 Å². The minimum absolute atomic E-state index is 0.0657. The Morgan fingerprint density at radius 2 is 1.68 bits per heavy atom. The third kappa shape index (κ3) is 3.31. The first-order valence-corrected chi connectivity index (χ1v) is 11.4. The van der Waals surface area contributed by atoms with Gasteiger partial charge in [-0.3, -0.25) is 9.59 Å². The number of amides is 2. The molecule has 1 N–H and O–H groups in total. The summed E-state index contributed by atoms with van der Waals surface area (Å²) in [6, 6.07) is 0.523. The Kier molecular flexibility index (Phi) is 4.31. The number of sulfone groups is 1. The maximum atomic E-state index is 12.7. The molecule has 0 spiro atoms. The second-order valence-corrected chi connectivity index (χ2v) is 10.3. The van der Waals surface area contributed by atoms with Gasteiger partial charge in [-0.1, -0.05) is 0 Å². The molecule has 3 aliphatic rings. The molecule has 0 atom stereocenters. The number of carbonyl (C=O) groups excluding carboxylic acids is 2. The molecule has 0 aromatic carbocycles. The summed E-state index contributed by atoms with van der Waals surface area (Å²) in [5, 5.41) is 4.76. The summed E-state index contributed by atoms with van der Waals surface area (Å²) < 4.78 is 22.9. The Morgan fingerprint density at radius 1 is 1.08 bits per heavy atom. The number of aromatic nitrogens is 1. The number of hydrogen-bond donors (Lipinski definition) is 1. The third-order valence-corrected chi connectivity index (χ3v) is 8.05. The van der Waals surface area contributed by atoms with Crippen molar-refractivity contribution < 1.29 is 18.0 Å². The van der Waals surface area contributed by atoms with Crippen LogP contribution in [0.3, 0.4) is 0 Å². The maximum Gasteiger partial charge on any atom is 0.280 e. The number of nitrogens with zero attached hydrogens (tertiary/aromatic N) is 2. The molecule has 136 valence electrons. The van der Waals surface area contributed by atoms with Gasteiger partial charge in [-0.25, -0.2) is 13.4 Å². The average molecular weight is 383 g/mol. The fourth-order valence-corrected chi connectivity index (χ4v) is 6.32. The van der Waals surface area contributed by atoms with E-state index < -0.39 is 9.84 Å². The van der Waals surface area contributed by atoms with Gasteiger partial charge in [-0.2, -0.15) is 0 Å². The molecule has 9 heteroatoms. The number of rotatable bonds is 3. The van der Waals surface area contributed by atoms with Gasteiger partial charge < -0.3 is 10.2 Å². The summed E-state index contributed by atoms with van der Waals surface area (Å²) in [5.41, 5.74) is 0.347. The van der Waals surface area contributed by atoms with Crippen molar-refractivity contribution in [3.63, 3.8) is 0 Å². The molecular weight excluding hydrogens is 362 g/mol. The molecule has 0 aliphatic carbocycles. The fraction of sp³-hybridized carbons (Fsp3) is 0.688. The molecule has 2 amide bonds. The van der Waals surface area contributed by atoms with Crippen LogP contribution in [0.2, 0.25) is 0 Å². The van der Waals surface area contributed by atoms with Gasteiger partial charge in [0.25, 0.3) is 11.8 Å². The van der Waals surface area contributed by atoms with Crippen molar-refractivity contribution in [3.05, 3.63) is 16.1 Å². The molecule has 1 aromatic heterocycles. The SMILES string of the molecule is O=C(NC1CCS(=O)(=O)CC1)c1nc(C(=O)N2[C@H]3CC[C@H]2CC3)cs1. The van der Waals surface area contributed by atoms with Gasteiger partial charge in [0.1, 0.15) is 15.5 Å². The van der Waals surface area contributed by atoms with Gasteiger partial charge in [0.15, 0.2) is 5.01 Å². The Hall–Kier alpha value is -1.48. The lowest BCUT2D eigenvalue weighted by molar-refractivity contribution is 0.0724. The van der Waals surface area contributed by atoms with E-state index in [0.717, 1.165) is 25.7 Å². The minimum Gasteiger partial charge on any atom is -0.347 e. The van der Waals surface area contributed by atoms with Crippen LogP contribution in [0.15, 0.2) is 5.38 Å². The van der Waals surface area contributed by atoms with Gasteiger partial charge in [-0.15, -0.1) is 11.3 Å². The molecule has 3 fully saturated rings. The zero-order valence-corrected chi connectivity index (χ0v) is 15.4. The largest absolute Gasteiger partial charge is 0.347 e. The van der Waals surface area contributed by atoms with Crippen LogP contribution >= 0.6 is 11.3 Å². The van der Waals surface area contributed by atoms with Crippen LogP contribution in [0, 0.1) is 0 Å². The zero-order valence-electron chi connectivity index (χ0n) is 13.8. The average Bonchev–Trinajstić information content (AvgIpc) is 3.31. The van der Waals surface area contributed by atoms with Crippen molar-refractivity contribution in [2.24, 2.45) is 0 Å². The van der Waals surface area contributed by atoms with Crippen LogP contribution in [0.25, 0.3) is 0 Å². The molecule has 4 rings (SSSR count). The van der Waals surface area contributed by atoms with Crippen LogP contribution in [-0.4, -0.2) is 59.7 Å². The van der Waals surface area contributed by atoms with Gasteiger partial charge in [0, 0.05) is 23.5 Å². The predicted octanol–water partition coefficient (Wildman–Crippen LogP) is 1.22. The smallest absolute Gasteiger partial charge is 0.280 e. The first kappa shape index (κ1) is 17.0. The quantitative estimate of drug-likeness (QED) is 0.846. The van der Waals surface area contributed by atoms with Crippen LogP contribution in [0.5, 0.6) is 0 Å². The van der Waals surface area contributed by atoms with E-state index in [1.54, 1.807) is 5.38 Å². The molecule has 2 bridgehead atoms. The number of carbonyl (C=O) groups is 2. The summed E-state index contributed by atoms with van der Waals surface area (Å²) in [5.74, 6) is -0.170. The highest BCUT2D eigenvalue weighted by Gasteiger charge is 2.43. The van der Waals surface area contributed by atoms with Crippen LogP contribution in [0.4, 0.5) is 0 Å². The van der Waals surface area contributed by atoms with E-state index >= 15 is 0 Å². The van der Waals surface area contributed by atoms with E-state index in [2.05, 4.69) is 10.3 Å². The molecular formula is C16H21N3O4S2. The van der Waals surface area contributed by atoms with E-state index in [4.69, 9.17) is 0 Å². The lowest BCUT2D eigenvalue weighted by Crippen LogP contribution is -2.41. The summed E-state index contributed by atoms with van der Waals surface area (Å²) in [6.45, 7) is 0. The second kappa shape index (κ2) is 6.35.